The fourth-order valence-electron chi connectivity index (χ4n) is 1.69. The molecule has 0 heterocycles. The highest BCUT2D eigenvalue weighted by Crippen LogP contribution is 2.16. The quantitative estimate of drug-likeness (QED) is 0.782. The van der Waals surface area contributed by atoms with E-state index in [2.05, 4.69) is 34.1 Å². The number of halogens is 1. The fraction of sp³-hybridized carbons (Fsp3) is 0.538. The molecule has 16 heavy (non-hydrogen) atoms. The van der Waals surface area contributed by atoms with Gasteiger partial charge in [0.25, 0.3) is 0 Å². The van der Waals surface area contributed by atoms with Gasteiger partial charge in [-0.15, -0.1) is 0 Å². The Morgan fingerprint density at radius 3 is 2.88 bits per heavy atom. The van der Waals surface area contributed by atoms with E-state index in [0.29, 0.717) is 5.92 Å². The lowest BCUT2D eigenvalue weighted by atomic mass is 9.97. The minimum Gasteiger partial charge on any atom is -0.382 e. The molecular weight excluding hydrogens is 266 g/mol. The molecule has 0 amide bonds. The monoisotopic (exact) mass is 285 g/mol. The van der Waals surface area contributed by atoms with Crippen molar-refractivity contribution in [2.75, 3.05) is 19.8 Å². The Balaban J connectivity index is 2.43. The second-order valence-corrected chi connectivity index (χ2v) is 4.84. The van der Waals surface area contributed by atoms with Gasteiger partial charge in [0.1, 0.15) is 0 Å². The molecule has 90 valence electrons. The Labute approximate surface area is 106 Å². The van der Waals surface area contributed by atoms with Gasteiger partial charge < -0.3 is 10.5 Å². The molecule has 0 aliphatic heterocycles. The van der Waals surface area contributed by atoms with Gasteiger partial charge >= 0.3 is 0 Å². The smallest absolute Gasteiger partial charge is 0.0469 e. The maximum absolute atomic E-state index is 5.77. The van der Waals surface area contributed by atoms with E-state index in [0.717, 1.165) is 37.1 Å². The second-order valence-electron chi connectivity index (χ2n) is 3.92. The van der Waals surface area contributed by atoms with Crippen molar-refractivity contribution < 1.29 is 4.74 Å². The highest BCUT2D eigenvalue weighted by atomic mass is 79.9. The molecule has 0 saturated carbocycles. The molecule has 0 bridgehead atoms. The van der Waals surface area contributed by atoms with E-state index in [9.17, 15) is 0 Å². The van der Waals surface area contributed by atoms with Gasteiger partial charge in [-0.3, -0.25) is 0 Å². The lowest BCUT2D eigenvalue weighted by molar-refractivity contribution is 0.133. The van der Waals surface area contributed by atoms with Crippen LogP contribution in [-0.2, 0) is 11.2 Å². The topological polar surface area (TPSA) is 35.2 Å². The summed E-state index contributed by atoms with van der Waals surface area (Å²) in [6.45, 7) is 4.34. The van der Waals surface area contributed by atoms with Crippen LogP contribution in [0.4, 0.5) is 0 Å². The minimum absolute atomic E-state index is 0.515. The van der Waals surface area contributed by atoms with E-state index >= 15 is 0 Å². The number of hydrogen-bond acceptors (Lipinski definition) is 2. The van der Waals surface area contributed by atoms with E-state index in [1.807, 2.05) is 13.0 Å². The fourth-order valence-corrected chi connectivity index (χ4v) is 2.14. The zero-order valence-electron chi connectivity index (χ0n) is 9.79. The molecule has 2 nitrogen and oxygen atoms in total. The van der Waals surface area contributed by atoms with Crippen molar-refractivity contribution in [2.45, 2.75) is 19.8 Å². The lowest BCUT2D eigenvalue weighted by Gasteiger charge is -2.14. The summed E-state index contributed by atoms with van der Waals surface area (Å²) in [6.07, 6.45) is 2.07. The molecule has 0 aliphatic carbocycles. The van der Waals surface area contributed by atoms with Crippen LogP contribution in [0.1, 0.15) is 18.9 Å². The summed E-state index contributed by atoms with van der Waals surface area (Å²) in [7, 11) is 0. The van der Waals surface area contributed by atoms with Gasteiger partial charge in [0.2, 0.25) is 0 Å². The molecular formula is C13H20BrNO. The van der Waals surface area contributed by atoms with Crippen molar-refractivity contribution in [3.8, 4) is 0 Å². The number of hydrogen-bond donors (Lipinski definition) is 1. The molecule has 0 fully saturated rings. The SMILES string of the molecule is CCOCCC(CN)Cc1cccc(Br)c1. The van der Waals surface area contributed by atoms with E-state index in [-0.39, 0.29) is 0 Å². The van der Waals surface area contributed by atoms with Crippen LogP contribution in [0.5, 0.6) is 0 Å². The molecule has 3 heteroatoms. The van der Waals surface area contributed by atoms with Gasteiger partial charge in [-0.05, 0) is 49.9 Å². The molecule has 1 unspecified atom stereocenters. The number of rotatable bonds is 7. The lowest BCUT2D eigenvalue weighted by Crippen LogP contribution is -2.18. The first kappa shape index (κ1) is 13.7. The summed E-state index contributed by atoms with van der Waals surface area (Å²) >= 11 is 3.48. The molecule has 0 radical (unpaired) electrons. The molecule has 0 aliphatic rings. The van der Waals surface area contributed by atoms with Crippen LogP contribution < -0.4 is 5.73 Å². The van der Waals surface area contributed by atoms with Crippen LogP contribution in [-0.4, -0.2) is 19.8 Å². The Morgan fingerprint density at radius 1 is 1.44 bits per heavy atom. The minimum atomic E-state index is 0.515. The Bertz CT molecular complexity index is 304. The highest BCUT2D eigenvalue weighted by molar-refractivity contribution is 9.10. The van der Waals surface area contributed by atoms with E-state index in [4.69, 9.17) is 10.5 Å². The van der Waals surface area contributed by atoms with Crippen LogP contribution in [0.15, 0.2) is 28.7 Å². The molecule has 0 spiro atoms. The molecule has 0 aromatic heterocycles. The summed E-state index contributed by atoms with van der Waals surface area (Å²) in [6, 6.07) is 8.41. The molecule has 1 aromatic carbocycles. The highest BCUT2D eigenvalue weighted by Gasteiger charge is 2.07. The molecule has 0 saturated heterocycles. The summed E-state index contributed by atoms with van der Waals surface area (Å²) in [4.78, 5) is 0. The van der Waals surface area contributed by atoms with Crippen LogP contribution in [0.2, 0.25) is 0 Å². The third-order valence-corrected chi connectivity index (χ3v) is 3.11. The van der Waals surface area contributed by atoms with Gasteiger partial charge in [0.05, 0.1) is 0 Å². The first-order valence-corrected chi connectivity index (χ1v) is 6.57. The third kappa shape index (κ3) is 5.10. The van der Waals surface area contributed by atoms with Crippen molar-refractivity contribution in [2.24, 2.45) is 11.7 Å². The normalized spacial score (nSPS) is 12.7. The third-order valence-electron chi connectivity index (χ3n) is 2.62. The first-order chi connectivity index (χ1) is 7.76. The van der Waals surface area contributed by atoms with Crippen LogP contribution in [0.25, 0.3) is 0 Å². The zero-order valence-corrected chi connectivity index (χ0v) is 11.4. The summed E-state index contributed by atoms with van der Waals surface area (Å²) < 4.78 is 6.49. The van der Waals surface area contributed by atoms with E-state index in [1.165, 1.54) is 5.56 Å². The Morgan fingerprint density at radius 2 is 2.25 bits per heavy atom. The summed E-state index contributed by atoms with van der Waals surface area (Å²) in [5.74, 6) is 0.515. The maximum Gasteiger partial charge on any atom is 0.0469 e. The number of nitrogens with two attached hydrogens (primary N) is 1. The first-order valence-electron chi connectivity index (χ1n) is 5.78. The predicted molar refractivity (Wildman–Crippen MR) is 71.5 cm³/mol. The number of benzene rings is 1. The second kappa shape index (κ2) is 7.82. The molecule has 1 aromatic rings. The Hall–Kier alpha value is -0.380. The van der Waals surface area contributed by atoms with Gasteiger partial charge in [0.15, 0.2) is 0 Å². The van der Waals surface area contributed by atoms with Gasteiger partial charge in [-0.2, -0.15) is 0 Å². The van der Waals surface area contributed by atoms with Gasteiger partial charge in [-0.25, -0.2) is 0 Å². The van der Waals surface area contributed by atoms with E-state index in [1.54, 1.807) is 0 Å². The van der Waals surface area contributed by atoms with Crippen molar-refractivity contribution >= 4 is 15.9 Å². The van der Waals surface area contributed by atoms with Gasteiger partial charge in [0, 0.05) is 17.7 Å². The van der Waals surface area contributed by atoms with E-state index < -0.39 is 0 Å². The van der Waals surface area contributed by atoms with Crippen LogP contribution in [0, 0.1) is 5.92 Å². The largest absolute Gasteiger partial charge is 0.382 e. The van der Waals surface area contributed by atoms with Crippen LogP contribution >= 0.6 is 15.9 Å². The van der Waals surface area contributed by atoms with Gasteiger partial charge in [-0.1, -0.05) is 28.1 Å². The van der Waals surface area contributed by atoms with Crippen molar-refractivity contribution in [1.29, 1.82) is 0 Å². The average Bonchev–Trinajstić information content (AvgIpc) is 2.28. The average molecular weight is 286 g/mol. The Kier molecular flexibility index (Phi) is 6.69. The maximum atomic E-state index is 5.77. The van der Waals surface area contributed by atoms with Crippen molar-refractivity contribution in [3.63, 3.8) is 0 Å². The molecule has 1 rings (SSSR count). The zero-order chi connectivity index (χ0) is 11.8. The number of ether oxygens (including phenoxy) is 1. The predicted octanol–water partition coefficient (Wildman–Crippen LogP) is 2.99. The molecule has 1 atom stereocenters. The van der Waals surface area contributed by atoms with Crippen molar-refractivity contribution in [1.82, 2.24) is 0 Å². The van der Waals surface area contributed by atoms with Crippen LogP contribution in [0.3, 0.4) is 0 Å². The molecule has 2 N–H and O–H groups in total. The standard InChI is InChI=1S/C13H20BrNO/c1-2-16-7-6-12(10-15)8-11-4-3-5-13(14)9-11/h3-5,9,12H,2,6-8,10,15H2,1H3. The summed E-state index contributed by atoms with van der Waals surface area (Å²) in [5.41, 5.74) is 7.11. The summed E-state index contributed by atoms with van der Waals surface area (Å²) in [5, 5.41) is 0. The van der Waals surface area contributed by atoms with Crippen molar-refractivity contribution in [3.05, 3.63) is 34.3 Å².